The number of nitrogens with zero attached hydrogens (tertiary/aromatic N) is 3. The Bertz CT molecular complexity index is 530. The Morgan fingerprint density at radius 3 is 2.73 bits per heavy atom. The van der Waals surface area contributed by atoms with Gasteiger partial charge in [0.2, 0.25) is 0 Å². The van der Waals surface area contributed by atoms with Crippen LogP contribution in [0.5, 0.6) is 0 Å². The molecule has 5 nitrogen and oxygen atoms in total. The van der Waals surface area contributed by atoms with Gasteiger partial charge in [0.25, 0.3) is 5.89 Å². The molecular formula is C17H27N3O2. The Morgan fingerprint density at radius 2 is 2.05 bits per heavy atom. The van der Waals surface area contributed by atoms with E-state index in [0.717, 1.165) is 57.0 Å². The first kappa shape index (κ1) is 15.5. The van der Waals surface area contributed by atoms with Crippen molar-refractivity contribution in [1.82, 2.24) is 14.8 Å². The molecule has 1 aromatic rings. The number of carbonyl (C=O) groups excluding carboxylic acids is 1. The van der Waals surface area contributed by atoms with E-state index in [1.807, 2.05) is 4.90 Å². The van der Waals surface area contributed by atoms with Crippen LogP contribution >= 0.6 is 0 Å². The molecule has 0 radical (unpaired) electrons. The molecule has 2 aliphatic heterocycles. The fourth-order valence-corrected chi connectivity index (χ4v) is 3.82. The molecule has 3 rings (SSSR count). The van der Waals surface area contributed by atoms with Crippen LogP contribution in [0.25, 0.3) is 0 Å². The standard InChI is InChI=1S/C17H27N3O2/c1-4-6-19-7-5-15-14(11-19)18-16(22-15)17(21)20-9-12(2)8-13(3)10-20/h12-13H,4-11H2,1-3H3/t12-,13-/m0/s1. The van der Waals surface area contributed by atoms with E-state index in [9.17, 15) is 4.79 Å². The number of hydrogen-bond acceptors (Lipinski definition) is 4. The summed E-state index contributed by atoms with van der Waals surface area (Å²) in [5, 5.41) is 0. The van der Waals surface area contributed by atoms with Crippen molar-refractivity contribution >= 4 is 5.91 Å². The highest BCUT2D eigenvalue weighted by Crippen LogP contribution is 2.24. The summed E-state index contributed by atoms with van der Waals surface area (Å²) in [4.78, 5) is 21.5. The van der Waals surface area contributed by atoms with Gasteiger partial charge in [0.1, 0.15) is 5.76 Å². The summed E-state index contributed by atoms with van der Waals surface area (Å²) in [7, 11) is 0. The predicted octanol–water partition coefficient (Wildman–Crippen LogP) is 2.56. The van der Waals surface area contributed by atoms with Gasteiger partial charge in [0.05, 0.1) is 5.69 Å². The SMILES string of the molecule is CCCN1CCc2oc(C(=O)N3C[C@@H](C)C[C@H](C)C3)nc2C1. The van der Waals surface area contributed by atoms with Gasteiger partial charge in [-0.1, -0.05) is 20.8 Å². The van der Waals surface area contributed by atoms with Gasteiger partial charge in [-0.05, 0) is 31.2 Å². The number of oxazole rings is 1. The maximum atomic E-state index is 12.7. The van der Waals surface area contributed by atoms with Crippen molar-refractivity contribution in [2.75, 3.05) is 26.2 Å². The van der Waals surface area contributed by atoms with Crippen LogP contribution in [0.1, 0.15) is 55.8 Å². The average Bonchev–Trinajstić information content (AvgIpc) is 2.89. The third-order valence-corrected chi connectivity index (χ3v) is 4.69. The molecule has 5 heteroatoms. The van der Waals surface area contributed by atoms with Gasteiger partial charge < -0.3 is 9.32 Å². The Labute approximate surface area is 132 Å². The molecule has 2 aliphatic rings. The first-order valence-electron chi connectivity index (χ1n) is 8.57. The molecule has 0 aromatic carbocycles. The number of piperidine rings is 1. The first-order chi connectivity index (χ1) is 10.6. The molecule has 0 bridgehead atoms. The van der Waals surface area contributed by atoms with E-state index in [4.69, 9.17) is 4.42 Å². The highest BCUT2D eigenvalue weighted by Gasteiger charge is 2.31. The average molecular weight is 305 g/mol. The normalized spacial score (nSPS) is 26.0. The molecule has 0 spiro atoms. The maximum absolute atomic E-state index is 12.7. The summed E-state index contributed by atoms with van der Waals surface area (Å²) < 4.78 is 5.79. The summed E-state index contributed by atoms with van der Waals surface area (Å²) in [5.41, 5.74) is 0.959. The lowest BCUT2D eigenvalue weighted by molar-refractivity contribution is 0.0581. The van der Waals surface area contributed by atoms with Gasteiger partial charge in [-0.2, -0.15) is 0 Å². The van der Waals surface area contributed by atoms with Crippen molar-refractivity contribution in [2.24, 2.45) is 11.8 Å². The molecule has 2 atom stereocenters. The van der Waals surface area contributed by atoms with E-state index in [2.05, 4.69) is 30.7 Å². The summed E-state index contributed by atoms with van der Waals surface area (Å²) in [6, 6.07) is 0. The van der Waals surface area contributed by atoms with Crippen molar-refractivity contribution < 1.29 is 9.21 Å². The number of aromatic nitrogens is 1. The molecule has 1 aromatic heterocycles. The zero-order valence-corrected chi connectivity index (χ0v) is 14.0. The third kappa shape index (κ3) is 3.19. The second kappa shape index (κ2) is 6.41. The minimum atomic E-state index is -0.0326. The fourth-order valence-electron chi connectivity index (χ4n) is 3.82. The predicted molar refractivity (Wildman–Crippen MR) is 84.6 cm³/mol. The second-order valence-electron chi connectivity index (χ2n) is 7.07. The number of fused-ring (bicyclic) bond motifs is 1. The van der Waals surface area contributed by atoms with Crippen LogP contribution in [-0.4, -0.2) is 46.9 Å². The maximum Gasteiger partial charge on any atom is 0.309 e. The second-order valence-corrected chi connectivity index (χ2v) is 7.07. The summed E-state index contributed by atoms with van der Waals surface area (Å²) in [6.45, 7) is 11.1. The fraction of sp³-hybridized carbons (Fsp3) is 0.765. The highest BCUT2D eigenvalue weighted by molar-refractivity contribution is 5.89. The van der Waals surface area contributed by atoms with Crippen molar-refractivity contribution in [2.45, 2.75) is 46.6 Å². The van der Waals surface area contributed by atoms with Gasteiger partial charge in [0, 0.05) is 32.6 Å². The molecule has 0 aliphatic carbocycles. The zero-order valence-electron chi connectivity index (χ0n) is 14.0. The Balaban J connectivity index is 1.72. The van der Waals surface area contributed by atoms with Crippen LogP contribution in [0.15, 0.2) is 4.42 Å². The Hall–Kier alpha value is -1.36. The number of carbonyl (C=O) groups is 1. The van der Waals surface area contributed by atoms with Gasteiger partial charge in [-0.3, -0.25) is 9.69 Å². The molecule has 1 amide bonds. The first-order valence-corrected chi connectivity index (χ1v) is 8.57. The lowest BCUT2D eigenvalue weighted by Gasteiger charge is -2.34. The van der Waals surface area contributed by atoms with Crippen LogP contribution in [-0.2, 0) is 13.0 Å². The lowest BCUT2D eigenvalue weighted by atomic mass is 9.92. The molecular weight excluding hydrogens is 278 g/mol. The van der Waals surface area contributed by atoms with Gasteiger partial charge in [0.15, 0.2) is 0 Å². The van der Waals surface area contributed by atoms with Crippen molar-refractivity contribution in [3.05, 3.63) is 17.3 Å². The summed E-state index contributed by atoms with van der Waals surface area (Å²) in [6.07, 6.45) is 3.20. The van der Waals surface area contributed by atoms with Crippen molar-refractivity contribution in [3.63, 3.8) is 0 Å². The van der Waals surface area contributed by atoms with Gasteiger partial charge in [-0.25, -0.2) is 4.98 Å². The Morgan fingerprint density at radius 1 is 1.32 bits per heavy atom. The Kier molecular flexibility index (Phi) is 4.52. The topological polar surface area (TPSA) is 49.6 Å². The van der Waals surface area contributed by atoms with E-state index in [1.165, 1.54) is 6.42 Å². The molecule has 22 heavy (non-hydrogen) atoms. The van der Waals surface area contributed by atoms with E-state index in [1.54, 1.807) is 0 Å². The lowest BCUT2D eigenvalue weighted by Crippen LogP contribution is -2.42. The van der Waals surface area contributed by atoms with Gasteiger partial charge in [-0.15, -0.1) is 0 Å². The number of likely N-dealkylation sites (tertiary alicyclic amines) is 1. The molecule has 0 saturated carbocycles. The summed E-state index contributed by atoms with van der Waals surface area (Å²) in [5.74, 6) is 2.28. The largest absolute Gasteiger partial charge is 0.437 e. The van der Waals surface area contributed by atoms with Crippen molar-refractivity contribution in [3.8, 4) is 0 Å². The number of hydrogen-bond donors (Lipinski definition) is 0. The van der Waals surface area contributed by atoms with E-state index >= 15 is 0 Å². The quantitative estimate of drug-likeness (QED) is 0.861. The van der Waals surface area contributed by atoms with Crippen molar-refractivity contribution in [1.29, 1.82) is 0 Å². The summed E-state index contributed by atoms with van der Waals surface area (Å²) >= 11 is 0. The molecule has 1 saturated heterocycles. The van der Waals surface area contributed by atoms with Crippen LogP contribution in [0, 0.1) is 11.8 Å². The number of rotatable bonds is 3. The van der Waals surface area contributed by atoms with Crippen LogP contribution in [0.2, 0.25) is 0 Å². The van der Waals surface area contributed by atoms with Gasteiger partial charge >= 0.3 is 5.91 Å². The van der Waals surface area contributed by atoms with E-state index in [0.29, 0.717) is 17.7 Å². The molecule has 0 N–H and O–H groups in total. The zero-order chi connectivity index (χ0) is 15.7. The number of amides is 1. The van der Waals surface area contributed by atoms with Crippen LogP contribution in [0.3, 0.4) is 0 Å². The highest BCUT2D eigenvalue weighted by atomic mass is 16.4. The van der Waals surface area contributed by atoms with E-state index < -0.39 is 0 Å². The molecule has 1 fully saturated rings. The minimum absolute atomic E-state index is 0.0326. The van der Waals surface area contributed by atoms with Crippen LogP contribution < -0.4 is 0 Å². The van der Waals surface area contributed by atoms with Crippen LogP contribution in [0.4, 0.5) is 0 Å². The van der Waals surface area contributed by atoms with E-state index in [-0.39, 0.29) is 5.91 Å². The third-order valence-electron chi connectivity index (χ3n) is 4.69. The smallest absolute Gasteiger partial charge is 0.309 e. The minimum Gasteiger partial charge on any atom is -0.437 e. The molecule has 3 heterocycles. The monoisotopic (exact) mass is 305 g/mol. The molecule has 0 unspecified atom stereocenters. The molecule has 122 valence electrons.